The summed E-state index contributed by atoms with van der Waals surface area (Å²) in [6, 6.07) is 6.17. The number of hydrogen-bond acceptors (Lipinski definition) is 3. The van der Waals surface area contributed by atoms with Gasteiger partial charge in [-0.3, -0.25) is 4.79 Å². The molecule has 84 valence electrons. The van der Waals surface area contributed by atoms with Gasteiger partial charge in [-0.25, -0.2) is 0 Å². The quantitative estimate of drug-likeness (QED) is 0.867. The van der Waals surface area contributed by atoms with Gasteiger partial charge < -0.3 is 11.5 Å². The molecule has 0 saturated heterocycles. The van der Waals surface area contributed by atoms with E-state index < -0.39 is 0 Å². The minimum Gasteiger partial charge on any atom is -0.324 e. The Morgan fingerprint density at radius 1 is 1.13 bits per heavy atom. The van der Waals surface area contributed by atoms with E-state index in [-0.39, 0.29) is 18.9 Å². The number of halogens is 2. The molecule has 0 aliphatic heterocycles. The largest absolute Gasteiger partial charge is 0.324 e. The van der Waals surface area contributed by atoms with Crippen LogP contribution in [0.4, 0.5) is 0 Å². The van der Waals surface area contributed by atoms with Crippen LogP contribution in [0.1, 0.15) is 5.56 Å². The van der Waals surface area contributed by atoms with Crippen LogP contribution >= 0.6 is 31.9 Å². The minimum absolute atomic E-state index is 0.0660. The van der Waals surface area contributed by atoms with E-state index in [0.717, 1.165) is 8.95 Å². The fourth-order valence-electron chi connectivity index (χ4n) is 0.775. The van der Waals surface area contributed by atoms with Gasteiger partial charge in [0, 0.05) is 8.95 Å². The monoisotopic (exact) mass is 336 g/mol. The second-order valence-corrected chi connectivity index (χ2v) is 4.73. The molecule has 0 saturated carbocycles. The first-order valence-corrected chi connectivity index (χ1v) is 5.92. The van der Waals surface area contributed by atoms with Gasteiger partial charge in [0.1, 0.15) is 0 Å². The Labute approximate surface area is 106 Å². The van der Waals surface area contributed by atoms with Crippen molar-refractivity contribution in [1.29, 1.82) is 0 Å². The molecule has 1 aromatic rings. The predicted molar refractivity (Wildman–Crippen MR) is 69.7 cm³/mol. The number of carbonyl (C=O) groups excluding carboxylic acids is 1. The lowest BCUT2D eigenvalue weighted by Crippen LogP contribution is -2.22. The third-order valence-electron chi connectivity index (χ3n) is 1.46. The average molecular weight is 338 g/mol. The molecule has 0 aliphatic carbocycles. The molecule has 0 unspecified atom stereocenters. The Morgan fingerprint density at radius 2 is 1.53 bits per heavy atom. The average Bonchev–Trinajstić information content (AvgIpc) is 2.15. The first-order valence-electron chi connectivity index (χ1n) is 4.34. The van der Waals surface area contributed by atoms with Gasteiger partial charge in [0.05, 0.1) is 13.1 Å². The zero-order valence-corrected chi connectivity index (χ0v) is 11.6. The maximum absolute atomic E-state index is 9.93. The number of nitrogens with two attached hydrogens (primary N) is 2. The fourth-order valence-corrected chi connectivity index (χ4v) is 2.30. The van der Waals surface area contributed by atoms with Crippen molar-refractivity contribution in [3.8, 4) is 0 Å². The summed E-state index contributed by atoms with van der Waals surface area (Å²) in [5.74, 6) is -0.102. The summed E-state index contributed by atoms with van der Waals surface area (Å²) < 4.78 is 2.24. The van der Waals surface area contributed by atoms with Gasteiger partial charge in [0.2, 0.25) is 0 Å². The molecule has 0 heterocycles. The van der Waals surface area contributed by atoms with Gasteiger partial charge in [-0.15, -0.1) is 0 Å². The van der Waals surface area contributed by atoms with Gasteiger partial charge >= 0.3 is 0 Å². The summed E-state index contributed by atoms with van der Waals surface area (Å²) in [4.78, 5) is 9.93. The highest BCUT2D eigenvalue weighted by atomic mass is 79.9. The van der Waals surface area contributed by atoms with Gasteiger partial charge in [-0.05, 0) is 30.7 Å². The van der Waals surface area contributed by atoms with Crippen LogP contribution in [0.2, 0.25) is 0 Å². The van der Waals surface area contributed by atoms with E-state index in [1.165, 1.54) is 5.56 Å². The lowest BCUT2D eigenvalue weighted by atomic mass is 10.2. The first-order chi connectivity index (χ1) is 6.99. The summed E-state index contributed by atoms with van der Waals surface area (Å²) in [5, 5.41) is 0. The summed E-state index contributed by atoms with van der Waals surface area (Å²) in [7, 11) is 0. The minimum atomic E-state index is -0.102. The van der Waals surface area contributed by atoms with E-state index in [2.05, 4.69) is 50.9 Å². The summed E-state index contributed by atoms with van der Waals surface area (Å²) in [6.07, 6.45) is 0. The van der Waals surface area contributed by atoms with Crippen molar-refractivity contribution in [3.63, 3.8) is 0 Å². The number of ketones is 1. The molecule has 5 heteroatoms. The zero-order valence-electron chi connectivity index (χ0n) is 8.47. The van der Waals surface area contributed by atoms with E-state index in [1.54, 1.807) is 0 Å². The molecule has 1 aromatic carbocycles. The number of hydrogen-bond donors (Lipinski definition) is 2. The van der Waals surface area contributed by atoms with E-state index >= 15 is 0 Å². The third-order valence-corrected chi connectivity index (χ3v) is 2.38. The second kappa shape index (κ2) is 7.98. The lowest BCUT2D eigenvalue weighted by molar-refractivity contribution is -0.116. The van der Waals surface area contributed by atoms with Crippen LogP contribution < -0.4 is 11.5 Å². The third kappa shape index (κ3) is 7.67. The van der Waals surface area contributed by atoms with Crippen LogP contribution in [0.3, 0.4) is 0 Å². The number of Topliss-reactive ketones (excluding diaryl/α,β-unsaturated/α-hetero) is 1. The van der Waals surface area contributed by atoms with E-state index in [9.17, 15) is 4.79 Å². The van der Waals surface area contributed by atoms with Gasteiger partial charge in [-0.2, -0.15) is 0 Å². The van der Waals surface area contributed by atoms with Crippen LogP contribution in [-0.4, -0.2) is 18.9 Å². The number of benzene rings is 1. The number of rotatable bonds is 2. The second-order valence-electron chi connectivity index (χ2n) is 2.89. The van der Waals surface area contributed by atoms with Crippen LogP contribution in [0.25, 0.3) is 0 Å². The van der Waals surface area contributed by atoms with Crippen molar-refractivity contribution in [3.05, 3.63) is 32.7 Å². The fraction of sp³-hybridized carbons (Fsp3) is 0.300. The molecule has 0 aliphatic rings. The Balaban J connectivity index is 0.000000288. The van der Waals surface area contributed by atoms with Crippen molar-refractivity contribution >= 4 is 37.6 Å². The molecule has 15 heavy (non-hydrogen) atoms. The molecule has 4 N–H and O–H groups in total. The van der Waals surface area contributed by atoms with Crippen LogP contribution in [0.5, 0.6) is 0 Å². The highest BCUT2D eigenvalue weighted by Gasteiger charge is 1.90. The van der Waals surface area contributed by atoms with E-state index in [0.29, 0.717) is 0 Å². The van der Waals surface area contributed by atoms with Crippen molar-refractivity contribution < 1.29 is 4.79 Å². The Kier molecular flexibility index (Phi) is 7.86. The van der Waals surface area contributed by atoms with Crippen molar-refractivity contribution in [1.82, 2.24) is 0 Å². The van der Waals surface area contributed by atoms with Crippen molar-refractivity contribution in [2.75, 3.05) is 13.1 Å². The van der Waals surface area contributed by atoms with Crippen LogP contribution in [-0.2, 0) is 4.79 Å². The Morgan fingerprint density at radius 3 is 1.73 bits per heavy atom. The lowest BCUT2D eigenvalue weighted by Gasteiger charge is -1.94. The summed E-state index contributed by atoms with van der Waals surface area (Å²) in [5.41, 5.74) is 11.0. The van der Waals surface area contributed by atoms with Crippen LogP contribution in [0.15, 0.2) is 27.1 Å². The smallest absolute Gasteiger partial charge is 0.159 e. The Hall–Kier alpha value is -0.230. The standard InChI is InChI=1S/C7H6Br2.C3H8N2O/c1-5-2-6(8)4-7(9)3-5;4-1-3(6)2-5/h2-4H,1H3;1-2,4-5H2. The van der Waals surface area contributed by atoms with Crippen LogP contribution in [0, 0.1) is 6.92 Å². The van der Waals surface area contributed by atoms with Gasteiger partial charge in [0.15, 0.2) is 5.78 Å². The number of carbonyl (C=O) groups is 1. The van der Waals surface area contributed by atoms with E-state index in [4.69, 9.17) is 11.5 Å². The molecule has 0 radical (unpaired) electrons. The molecule has 3 nitrogen and oxygen atoms in total. The van der Waals surface area contributed by atoms with E-state index in [1.807, 2.05) is 6.07 Å². The molecule has 1 rings (SSSR count). The molecule has 0 bridgehead atoms. The SMILES string of the molecule is Cc1cc(Br)cc(Br)c1.NCC(=O)CN. The molecule has 0 aromatic heterocycles. The molecule has 0 atom stereocenters. The molecule has 0 fully saturated rings. The first kappa shape index (κ1) is 14.8. The highest BCUT2D eigenvalue weighted by Crippen LogP contribution is 2.18. The maximum atomic E-state index is 9.93. The molecular weight excluding hydrogens is 324 g/mol. The van der Waals surface area contributed by atoms with Gasteiger partial charge in [0.25, 0.3) is 0 Å². The zero-order chi connectivity index (χ0) is 11.8. The molecule has 0 amide bonds. The van der Waals surface area contributed by atoms with Gasteiger partial charge in [-0.1, -0.05) is 31.9 Å². The summed E-state index contributed by atoms with van der Waals surface area (Å²) in [6.45, 7) is 2.20. The maximum Gasteiger partial charge on any atom is 0.159 e. The molecule has 0 spiro atoms. The Bertz CT molecular complexity index is 273. The molecular formula is C10H14Br2N2O. The van der Waals surface area contributed by atoms with Crippen molar-refractivity contribution in [2.24, 2.45) is 11.5 Å². The summed E-state index contributed by atoms with van der Waals surface area (Å²) >= 11 is 6.77. The topological polar surface area (TPSA) is 69.1 Å². The predicted octanol–water partition coefficient (Wildman–Crippen LogP) is 1.99. The number of aryl methyl sites for hydroxylation is 1. The van der Waals surface area contributed by atoms with Crippen molar-refractivity contribution in [2.45, 2.75) is 6.92 Å². The normalized spacial score (nSPS) is 9.13. The highest BCUT2D eigenvalue weighted by molar-refractivity contribution is 9.11.